The summed E-state index contributed by atoms with van der Waals surface area (Å²) in [5, 5.41) is 6.51. The van der Waals surface area contributed by atoms with Gasteiger partial charge in [-0.25, -0.2) is 4.79 Å². The second-order valence-electron chi connectivity index (χ2n) is 6.51. The van der Waals surface area contributed by atoms with Crippen molar-refractivity contribution in [1.82, 2.24) is 16.0 Å². The van der Waals surface area contributed by atoms with Crippen molar-refractivity contribution in [3.05, 3.63) is 59.2 Å². The average molecular weight is 453 g/mol. The smallest absolute Gasteiger partial charge is 0.417 e. The number of carbonyl (C=O) groups is 3. The van der Waals surface area contributed by atoms with E-state index in [0.29, 0.717) is 6.07 Å². The summed E-state index contributed by atoms with van der Waals surface area (Å²) < 4.78 is 51.2. The maximum Gasteiger partial charge on any atom is 0.417 e. The molecule has 0 saturated carbocycles. The van der Waals surface area contributed by atoms with Gasteiger partial charge in [-0.2, -0.15) is 13.2 Å². The maximum absolute atomic E-state index is 13.6. The van der Waals surface area contributed by atoms with Crippen LogP contribution in [0.5, 0.6) is 11.5 Å². The topological polar surface area (TPSA) is 106 Å². The molecule has 4 amide bonds. The van der Waals surface area contributed by atoms with Gasteiger partial charge in [0.2, 0.25) is 5.91 Å². The monoisotopic (exact) mass is 453 g/mol. The highest BCUT2D eigenvalue weighted by Gasteiger charge is 2.37. The summed E-state index contributed by atoms with van der Waals surface area (Å²) in [4.78, 5) is 35.1. The first-order valence-corrected chi connectivity index (χ1v) is 9.41. The SMILES string of the molecule is COc1cc(C(F)(F)F)c(C(=O)NC(=O)NCCNC(C)=O)cc1OCc1ccccc1. The van der Waals surface area contributed by atoms with Crippen LogP contribution >= 0.6 is 0 Å². The van der Waals surface area contributed by atoms with E-state index in [0.717, 1.165) is 11.6 Å². The predicted molar refractivity (Wildman–Crippen MR) is 108 cm³/mol. The zero-order valence-electron chi connectivity index (χ0n) is 17.3. The summed E-state index contributed by atoms with van der Waals surface area (Å²) >= 11 is 0. The van der Waals surface area contributed by atoms with Crippen molar-refractivity contribution in [2.75, 3.05) is 20.2 Å². The molecule has 0 spiro atoms. The number of rotatable bonds is 8. The fourth-order valence-electron chi connectivity index (χ4n) is 2.62. The molecule has 0 aliphatic carbocycles. The van der Waals surface area contributed by atoms with Crippen LogP contribution in [0.1, 0.15) is 28.4 Å². The van der Waals surface area contributed by atoms with Crippen LogP contribution < -0.4 is 25.4 Å². The van der Waals surface area contributed by atoms with Gasteiger partial charge in [0.05, 0.1) is 18.2 Å². The largest absolute Gasteiger partial charge is 0.493 e. The summed E-state index contributed by atoms with van der Waals surface area (Å²) in [7, 11) is 1.17. The van der Waals surface area contributed by atoms with Crippen LogP contribution in [0, 0.1) is 0 Å². The molecule has 3 N–H and O–H groups in total. The van der Waals surface area contributed by atoms with E-state index >= 15 is 0 Å². The Morgan fingerprint density at radius 1 is 0.969 bits per heavy atom. The number of hydrogen-bond donors (Lipinski definition) is 3. The Morgan fingerprint density at radius 3 is 2.22 bits per heavy atom. The lowest BCUT2D eigenvalue weighted by molar-refractivity contribution is -0.138. The Labute approximate surface area is 182 Å². The van der Waals surface area contributed by atoms with Gasteiger partial charge in [-0.05, 0) is 17.7 Å². The fourth-order valence-corrected chi connectivity index (χ4v) is 2.62. The van der Waals surface area contributed by atoms with E-state index in [1.807, 2.05) is 5.32 Å². The molecule has 0 radical (unpaired) electrons. The highest BCUT2D eigenvalue weighted by Crippen LogP contribution is 2.39. The van der Waals surface area contributed by atoms with E-state index in [2.05, 4.69) is 10.6 Å². The molecule has 0 unspecified atom stereocenters. The average Bonchev–Trinajstić information content (AvgIpc) is 2.74. The predicted octanol–water partition coefficient (Wildman–Crippen LogP) is 2.87. The number of alkyl halides is 3. The van der Waals surface area contributed by atoms with Gasteiger partial charge in [-0.1, -0.05) is 30.3 Å². The number of urea groups is 1. The van der Waals surface area contributed by atoms with E-state index in [9.17, 15) is 27.6 Å². The Kier molecular flexibility index (Phi) is 8.45. The molecule has 0 atom stereocenters. The van der Waals surface area contributed by atoms with Crippen molar-refractivity contribution in [1.29, 1.82) is 0 Å². The molecule has 172 valence electrons. The van der Waals surface area contributed by atoms with Gasteiger partial charge >= 0.3 is 12.2 Å². The molecule has 0 aliphatic heterocycles. The molecule has 0 aromatic heterocycles. The first-order valence-electron chi connectivity index (χ1n) is 9.41. The minimum atomic E-state index is -4.89. The van der Waals surface area contributed by atoms with Crippen molar-refractivity contribution in [2.24, 2.45) is 0 Å². The maximum atomic E-state index is 13.6. The van der Waals surface area contributed by atoms with Crippen molar-refractivity contribution >= 4 is 17.8 Å². The molecule has 11 heteroatoms. The van der Waals surface area contributed by atoms with Crippen LogP contribution in [-0.2, 0) is 17.6 Å². The summed E-state index contributed by atoms with van der Waals surface area (Å²) in [5.41, 5.74) is -1.35. The highest BCUT2D eigenvalue weighted by molar-refractivity contribution is 6.05. The minimum Gasteiger partial charge on any atom is -0.493 e. The molecular weight excluding hydrogens is 431 g/mol. The van der Waals surface area contributed by atoms with Crippen LogP contribution in [0.15, 0.2) is 42.5 Å². The molecule has 2 rings (SSSR count). The van der Waals surface area contributed by atoms with Crippen LogP contribution in [-0.4, -0.2) is 38.0 Å². The number of halogens is 3. The summed E-state index contributed by atoms with van der Waals surface area (Å²) in [6.07, 6.45) is -4.89. The molecular formula is C21H22F3N3O5. The van der Waals surface area contributed by atoms with Crippen LogP contribution in [0.3, 0.4) is 0 Å². The van der Waals surface area contributed by atoms with Gasteiger partial charge in [0, 0.05) is 20.0 Å². The normalized spacial score (nSPS) is 10.8. The quantitative estimate of drug-likeness (QED) is 0.533. The molecule has 0 aliphatic rings. The fraction of sp³-hybridized carbons (Fsp3) is 0.286. The Bertz CT molecular complexity index is 965. The number of nitrogens with one attached hydrogen (secondary N) is 3. The number of ether oxygens (including phenoxy) is 2. The standard InChI is InChI=1S/C21H22F3N3O5/c1-13(28)25-8-9-26-20(30)27-19(29)15-10-18(32-12-14-6-4-3-5-7-14)17(31-2)11-16(15)21(22,23)24/h3-7,10-11H,8-9,12H2,1-2H3,(H,25,28)(H2,26,27,29,30). The lowest BCUT2D eigenvalue weighted by Gasteiger charge is -2.17. The minimum absolute atomic E-state index is 0.0211. The van der Waals surface area contributed by atoms with Crippen molar-refractivity contribution in [3.8, 4) is 11.5 Å². The number of benzene rings is 2. The van der Waals surface area contributed by atoms with Crippen LogP contribution in [0.25, 0.3) is 0 Å². The van der Waals surface area contributed by atoms with E-state index in [4.69, 9.17) is 9.47 Å². The zero-order chi connectivity index (χ0) is 23.7. The van der Waals surface area contributed by atoms with Gasteiger partial charge in [-0.15, -0.1) is 0 Å². The molecule has 2 aromatic carbocycles. The molecule has 8 nitrogen and oxygen atoms in total. The third-order valence-electron chi connectivity index (χ3n) is 4.10. The molecule has 0 bridgehead atoms. The van der Waals surface area contributed by atoms with Crippen LogP contribution in [0.4, 0.5) is 18.0 Å². The number of carbonyl (C=O) groups excluding carboxylic acids is 3. The number of amides is 4. The van der Waals surface area contributed by atoms with E-state index in [1.54, 1.807) is 30.3 Å². The third kappa shape index (κ3) is 7.18. The van der Waals surface area contributed by atoms with E-state index in [1.165, 1.54) is 14.0 Å². The number of methoxy groups -OCH3 is 1. The van der Waals surface area contributed by atoms with Crippen molar-refractivity contribution in [2.45, 2.75) is 19.7 Å². The molecule has 32 heavy (non-hydrogen) atoms. The zero-order valence-corrected chi connectivity index (χ0v) is 17.3. The lowest BCUT2D eigenvalue weighted by atomic mass is 10.0. The van der Waals surface area contributed by atoms with E-state index in [-0.39, 0.29) is 37.1 Å². The van der Waals surface area contributed by atoms with Gasteiger partial charge in [0.15, 0.2) is 11.5 Å². The van der Waals surface area contributed by atoms with Crippen molar-refractivity contribution < 1.29 is 37.0 Å². The Morgan fingerprint density at radius 2 is 1.62 bits per heavy atom. The van der Waals surface area contributed by atoms with E-state index < -0.39 is 29.2 Å². The molecule has 2 aromatic rings. The first-order chi connectivity index (χ1) is 15.1. The number of imide groups is 1. The van der Waals surface area contributed by atoms with Gasteiger partial charge in [-0.3, -0.25) is 14.9 Å². The summed E-state index contributed by atoms with van der Waals surface area (Å²) in [6, 6.07) is 9.36. The number of hydrogen-bond acceptors (Lipinski definition) is 5. The third-order valence-corrected chi connectivity index (χ3v) is 4.10. The van der Waals surface area contributed by atoms with Crippen molar-refractivity contribution in [3.63, 3.8) is 0 Å². The van der Waals surface area contributed by atoms with Crippen LogP contribution in [0.2, 0.25) is 0 Å². The lowest BCUT2D eigenvalue weighted by Crippen LogP contribution is -2.43. The highest BCUT2D eigenvalue weighted by atomic mass is 19.4. The Hall–Kier alpha value is -3.76. The second-order valence-corrected chi connectivity index (χ2v) is 6.51. The first kappa shape index (κ1) is 24.5. The molecule has 0 fully saturated rings. The van der Waals surface area contributed by atoms with Gasteiger partial charge in [0.1, 0.15) is 6.61 Å². The Balaban J connectivity index is 2.23. The summed E-state index contributed by atoms with van der Waals surface area (Å²) in [5.74, 6) is -1.91. The summed E-state index contributed by atoms with van der Waals surface area (Å²) in [6.45, 7) is 1.36. The van der Waals surface area contributed by atoms with Gasteiger partial charge in [0.25, 0.3) is 5.91 Å². The molecule has 0 saturated heterocycles. The molecule has 0 heterocycles. The second kappa shape index (κ2) is 11.0. The van der Waals surface area contributed by atoms with Gasteiger partial charge < -0.3 is 20.1 Å².